The zero-order chi connectivity index (χ0) is 24.6. The molecule has 0 spiro atoms. The number of nitrogens with zero attached hydrogens (tertiary/aromatic N) is 3. The first-order chi connectivity index (χ1) is 17.0. The number of benzene rings is 2. The van der Waals surface area contributed by atoms with E-state index in [-0.39, 0.29) is 0 Å². The molecule has 1 aliphatic rings. The molecule has 0 amide bonds. The molecule has 0 atom stereocenters. The number of aromatic nitrogens is 3. The molecule has 186 valence electrons. The van der Waals surface area contributed by atoms with Crippen LogP contribution in [0.15, 0.2) is 52.5 Å². The third-order valence-electron chi connectivity index (χ3n) is 5.99. The van der Waals surface area contributed by atoms with Gasteiger partial charge in [0.05, 0.1) is 12.1 Å². The number of ether oxygens (including phenoxy) is 1. The number of halogens is 1. The van der Waals surface area contributed by atoms with Crippen LogP contribution >= 0.6 is 23.4 Å². The van der Waals surface area contributed by atoms with Gasteiger partial charge in [-0.2, -0.15) is 15.0 Å². The van der Waals surface area contributed by atoms with Crippen molar-refractivity contribution in [2.24, 2.45) is 5.92 Å². The molecule has 1 aliphatic carbocycles. The third-order valence-corrected chi connectivity index (χ3v) is 7.16. The zero-order valence-corrected chi connectivity index (χ0v) is 22.3. The smallest absolute Gasteiger partial charge is 0.233 e. The summed E-state index contributed by atoms with van der Waals surface area (Å²) in [5, 5.41) is 8.03. The van der Waals surface area contributed by atoms with Crippen molar-refractivity contribution < 1.29 is 4.74 Å². The van der Waals surface area contributed by atoms with E-state index < -0.39 is 0 Å². The molecule has 0 aliphatic heterocycles. The maximum Gasteiger partial charge on any atom is 0.233 e. The fourth-order valence-electron chi connectivity index (χ4n) is 4.27. The molecular formula is C27H34ClN5OS. The highest BCUT2D eigenvalue weighted by molar-refractivity contribution is 7.99. The van der Waals surface area contributed by atoms with Gasteiger partial charge >= 0.3 is 0 Å². The van der Waals surface area contributed by atoms with Gasteiger partial charge < -0.3 is 15.4 Å². The van der Waals surface area contributed by atoms with Crippen LogP contribution in [0.4, 0.5) is 17.6 Å². The lowest BCUT2D eigenvalue weighted by Gasteiger charge is -2.17. The molecule has 6 nitrogen and oxygen atoms in total. The van der Waals surface area contributed by atoms with Crippen LogP contribution in [0.3, 0.4) is 0 Å². The van der Waals surface area contributed by atoms with Crippen molar-refractivity contribution in [3.05, 3.63) is 53.1 Å². The minimum atomic E-state index is 0.386. The Morgan fingerprint density at radius 3 is 2.34 bits per heavy atom. The Kier molecular flexibility index (Phi) is 9.10. The van der Waals surface area contributed by atoms with Gasteiger partial charge in [0.1, 0.15) is 5.75 Å². The number of hydrogen-bond acceptors (Lipinski definition) is 7. The molecule has 2 aromatic carbocycles. The topological polar surface area (TPSA) is 72.0 Å². The Hall–Kier alpha value is -2.51. The normalized spacial score (nSPS) is 14.5. The van der Waals surface area contributed by atoms with Crippen molar-refractivity contribution in [2.45, 2.75) is 74.9 Å². The van der Waals surface area contributed by atoms with Crippen molar-refractivity contribution in [3.8, 4) is 5.75 Å². The van der Waals surface area contributed by atoms with Crippen LogP contribution < -0.4 is 15.4 Å². The highest BCUT2D eigenvalue weighted by Gasteiger charge is 2.16. The molecule has 35 heavy (non-hydrogen) atoms. The first-order valence-corrected chi connectivity index (χ1v) is 13.6. The molecular weight excluding hydrogens is 478 g/mol. The molecule has 0 radical (unpaired) electrons. The minimum absolute atomic E-state index is 0.386. The van der Waals surface area contributed by atoms with Gasteiger partial charge in [-0.15, -0.1) is 0 Å². The summed E-state index contributed by atoms with van der Waals surface area (Å²) in [7, 11) is 1.60. The van der Waals surface area contributed by atoms with Crippen LogP contribution in [0.2, 0.25) is 5.02 Å². The number of nitrogens with one attached hydrogen (secondary N) is 2. The summed E-state index contributed by atoms with van der Waals surface area (Å²) < 4.78 is 5.26. The van der Waals surface area contributed by atoms with Crippen LogP contribution in [0.5, 0.6) is 5.75 Å². The first-order valence-electron chi connectivity index (χ1n) is 12.4. The lowest BCUT2D eigenvalue weighted by molar-refractivity contribution is 0.415. The van der Waals surface area contributed by atoms with Crippen molar-refractivity contribution in [2.75, 3.05) is 17.7 Å². The van der Waals surface area contributed by atoms with Gasteiger partial charge in [0.2, 0.25) is 11.9 Å². The van der Waals surface area contributed by atoms with Gasteiger partial charge in [0, 0.05) is 16.6 Å². The predicted octanol–water partition coefficient (Wildman–Crippen LogP) is 7.76. The number of hydrogen-bond donors (Lipinski definition) is 2. The van der Waals surface area contributed by atoms with Gasteiger partial charge in [-0.05, 0) is 72.8 Å². The SMILES string of the molecule is COc1ccc(Nc2nc(NC3CCCCCC3)nc(Sc3ccc(CC(C)C)cc3)n2)cc1Cl. The van der Waals surface area contributed by atoms with Gasteiger partial charge in [-0.3, -0.25) is 0 Å². The molecule has 0 unspecified atom stereocenters. The molecule has 1 saturated carbocycles. The van der Waals surface area contributed by atoms with E-state index in [0.29, 0.717) is 39.8 Å². The van der Waals surface area contributed by atoms with E-state index in [0.717, 1.165) is 29.8 Å². The lowest BCUT2D eigenvalue weighted by Crippen LogP contribution is -2.20. The first kappa shape index (κ1) is 25.6. The quantitative estimate of drug-likeness (QED) is 0.284. The second-order valence-corrected chi connectivity index (χ2v) is 10.9. The van der Waals surface area contributed by atoms with E-state index in [4.69, 9.17) is 26.3 Å². The van der Waals surface area contributed by atoms with Gasteiger partial charge in [0.15, 0.2) is 5.16 Å². The maximum atomic E-state index is 6.32. The van der Waals surface area contributed by atoms with Crippen LogP contribution in [0.25, 0.3) is 0 Å². The fourth-order valence-corrected chi connectivity index (χ4v) is 5.28. The van der Waals surface area contributed by atoms with Gasteiger partial charge in [0.25, 0.3) is 0 Å². The summed E-state index contributed by atoms with van der Waals surface area (Å²) in [5.74, 6) is 2.35. The number of rotatable bonds is 9. The molecule has 1 aromatic heterocycles. The molecule has 3 aromatic rings. The second kappa shape index (κ2) is 12.5. The van der Waals surface area contributed by atoms with Crippen molar-refractivity contribution in [3.63, 3.8) is 0 Å². The average molecular weight is 512 g/mol. The van der Waals surface area contributed by atoms with E-state index in [1.54, 1.807) is 18.9 Å². The number of methoxy groups -OCH3 is 1. The largest absolute Gasteiger partial charge is 0.495 e. The monoisotopic (exact) mass is 511 g/mol. The molecule has 8 heteroatoms. The van der Waals surface area contributed by atoms with Crippen molar-refractivity contribution in [1.29, 1.82) is 0 Å². The van der Waals surface area contributed by atoms with Gasteiger partial charge in [-0.1, -0.05) is 63.3 Å². The molecule has 0 saturated heterocycles. The van der Waals surface area contributed by atoms with E-state index >= 15 is 0 Å². The van der Waals surface area contributed by atoms with Crippen LogP contribution in [-0.2, 0) is 6.42 Å². The standard InChI is InChI=1S/C27H34ClN5OS/c1-18(2)16-19-10-13-22(14-11-19)35-27-32-25(29-20-8-6-4-5-7-9-20)31-26(33-27)30-21-12-15-24(34-3)23(28)17-21/h10-15,17-18,20H,4-9,16H2,1-3H3,(H2,29,30,31,32,33). The Bertz CT molecular complexity index is 1100. The minimum Gasteiger partial charge on any atom is -0.495 e. The fraction of sp³-hybridized carbons (Fsp3) is 0.444. The summed E-state index contributed by atoms with van der Waals surface area (Å²) in [6.45, 7) is 4.47. The molecule has 1 fully saturated rings. The predicted molar refractivity (Wildman–Crippen MR) is 145 cm³/mol. The maximum absolute atomic E-state index is 6.32. The lowest BCUT2D eigenvalue weighted by atomic mass is 10.0. The summed E-state index contributed by atoms with van der Waals surface area (Å²) in [4.78, 5) is 15.2. The zero-order valence-electron chi connectivity index (χ0n) is 20.7. The summed E-state index contributed by atoms with van der Waals surface area (Å²) >= 11 is 7.86. The number of anilines is 3. The molecule has 0 bridgehead atoms. The highest BCUT2D eigenvalue weighted by Crippen LogP contribution is 2.31. The summed E-state index contributed by atoms with van der Waals surface area (Å²) in [6, 6.07) is 14.6. The van der Waals surface area contributed by atoms with E-state index in [1.807, 2.05) is 18.2 Å². The van der Waals surface area contributed by atoms with Crippen LogP contribution in [0, 0.1) is 5.92 Å². The van der Waals surface area contributed by atoms with E-state index in [2.05, 4.69) is 53.7 Å². The Labute approximate surface area is 217 Å². The van der Waals surface area contributed by atoms with Crippen LogP contribution in [-0.4, -0.2) is 28.1 Å². The van der Waals surface area contributed by atoms with Crippen molar-refractivity contribution >= 4 is 40.9 Å². The summed E-state index contributed by atoms with van der Waals surface area (Å²) in [5.41, 5.74) is 2.13. The average Bonchev–Trinajstić information content (AvgIpc) is 3.09. The van der Waals surface area contributed by atoms with Crippen LogP contribution in [0.1, 0.15) is 57.9 Å². The molecule has 2 N–H and O–H groups in total. The molecule has 1 heterocycles. The summed E-state index contributed by atoms with van der Waals surface area (Å²) in [6.07, 6.45) is 8.43. The third kappa shape index (κ3) is 7.74. The Balaban J connectivity index is 1.57. The molecule has 4 rings (SSSR count). The Morgan fingerprint density at radius 2 is 1.69 bits per heavy atom. The highest BCUT2D eigenvalue weighted by atomic mass is 35.5. The van der Waals surface area contributed by atoms with E-state index in [1.165, 1.54) is 31.2 Å². The second-order valence-electron chi connectivity index (χ2n) is 9.42. The van der Waals surface area contributed by atoms with E-state index in [9.17, 15) is 0 Å². The van der Waals surface area contributed by atoms with Crippen molar-refractivity contribution in [1.82, 2.24) is 15.0 Å². The Morgan fingerprint density at radius 1 is 0.971 bits per heavy atom. The van der Waals surface area contributed by atoms with Gasteiger partial charge in [-0.25, -0.2) is 0 Å².